The van der Waals surface area contributed by atoms with Crippen molar-refractivity contribution >= 4 is 5.69 Å². The van der Waals surface area contributed by atoms with Crippen molar-refractivity contribution in [2.75, 3.05) is 5.32 Å². The minimum absolute atomic E-state index is 0.607. The van der Waals surface area contributed by atoms with Gasteiger partial charge in [-0.25, -0.2) is 5.11 Å². The molecular weight excluding hydrogens is 138 g/mol. The first-order valence-electron chi connectivity index (χ1n) is 3.86. The molecule has 11 heavy (non-hydrogen) atoms. The van der Waals surface area contributed by atoms with E-state index in [0.29, 0.717) is 6.42 Å². The van der Waals surface area contributed by atoms with Crippen molar-refractivity contribution in [2.45, 2.75) is 19.1 Å². The van der Waals surface area contributed by atoms with E-state index in [1.807, 2.05) is 18.2 Å². The molecule has 0 spiro atoms. The molecule has 1 aromatic carbocycles. The molecule has 0 aliphatic carbocycles. The maximum absolute atomic E-state index is 11.0. The summed E-state index contributed by atoms with van der Waals surface area (Å²) in [6.45, 7) is 0. The molecule has 0 amide bonds. The van der Waals surface area contributed by atoms with E-state index in [2.05, 4.69) is 11.4 Å². The largest absolute Gasteiger partial charge is 0.357 e. The third-order valence-corrected chi connectivity index (χ3v) is 2.01. The summed E-state index contributed by atoms with van der Waals surface area (Å²) in [5.74, 6) is 0. The fraction of sp³-hybridized carbons (Fsp3) is 0.333. The number of rotatable bonds is 0. The zero-order valence-corrected chi connectivity index (χ0v) is 6.21. The Kier molecular flexibility index (Phi) is 1.55. The second-order valence-electron chi connectivity index (χ2n) is 2.83. The summed E-state index contributed by atoms with van der Waals surface area (Å²) in [6, 6.07) is 7.98. The zero-order chi connectivity index (χ0) is 7.68. The first kappa shape index (κ1) is 6.68. The molecule has 0 bridgehead atoms. The van der Waals surface area contributed by atoms with Crippen LogP contribution in [0.5, 0.6) is 0 Å². The van der Waals surface area contributed by atoms with Crippen LogP contribution in [0.15, 0.2) is 24.3 Å². The Morgan fingerprint density at radius 1 is 1.36 bits per heavy atom. The van der Waals surface area contributed by atoms with E-state index in [0.717, 1.165) is 12.1 Å². The summed E-state index contributed by atoms with van der Waals surface area (Å²) < 4.78 is 0. The quantitative estimate of drug-likeness (QED) is 0.597. The molecule has 1 unspecified atom stereocenters. The van der Waals surface area contributed by atoms with Crippen LogP contribution in [-0.4, -0.2) is 6.23 Å². The zero-order valence-electron chi connectivity index (χ0n) is 6.21. The van der Waals surface area contributed by atoms with Crippen LogP contribution in [0.25, 0.3) is 0 Å². The van der Waals surface area contributed by atoms with Gasteiger partial charge in [0.05, 0.1) is 0 Å². The SMILES string of the molecule is [O]C1CCc2ccccc2N1. The number of aryl methyl sites for hydroxylation is 1. The molecule has 2 rings (SSSR count). The van der Waals surface area contributed by atoms with E-state index in [1.54, 1.807) is 0 Å². The smallest absolute Gasteiger partial charge is 0.163 e. The predicted octanol–water partition coefficient (Wildman–Crippen LogP) is 1.80. The van der Waals surface area contributed by atoms with Crippen molar-refractivity contribution < 1.29 is 5.11 Å². The average Bonchev–Trinajstić information content (AvgIpc) is 2.04. The van der Waals surface area contributed by atoms with Gasteiger partial charge >= 0.3 is 0 Å². The minimum atomic E-state index is -0.607. The van der Waals surface area contributed by atoms with E-state index in [9.17, 15) is 5.11 Å². The number of hydrogen-bond acceptors (Lipinski definition) is 1. The highest BCUT2D eigenvalue weighted by Gasteiger charge is 2.14. The highest BCUT2D eigenvalue weighted by atomic mass is 16.3. The molecule has 1 aliphatic heterocycles. The molecule has 57 valence electrons. The third-order valence-electron chi connectivity index (χ3n) is 2.01. The summed E-state index contributed by atoms with van der Waals surface area (Å²) in [7, 11) is 0. The van der Waals surface area contributed by atoms with Gasteiger partial charge in [0.25, 0.3) is 0 Å². The van der Waals surface area contributed by atoms with Crippen LogP contribution >= 0.6 is 0 Å². The van der Waals surface area contributed by atoms with Gasteiger partial charge in [0.2, 0.25) is 0 Å². The number of hydrogen-bond donors (Lipinski definition) is 1. The minimum Gasteiger partial charge on any atom is -0.357 e. The number of benzene rings is 1. The van der Waals surface area contributed by atoms with Gasteiger partial charge in [-0.15, -0.1) is 0 Å². The average molecular weight is 148 g/mol. The molecule has 0 fully saturated rings. The molecule has 1 heterocycles. The second-order valence-corrected chi connectivity index (χ2v) is 2.83. The van der Waals surface area contributed by atoms with Gasteiger partial charge in [-0.2, -0.15) is 0 Å². The van der Waals surface area contributed by atoms with Crippen LogP contribution in [0.2, 0.25) is 0 Å². The Bertz CT molecular complexity index is 259. The van der Waals surface area contributed by atoms with Crippen LogP contribution < -0.4 is 5.32 Å². The summed E-state index contributed by atoms with van der Waals surface area (Å²) >= 11 is 0. The first-order chi connectivity index (χ1) is 5.36. The molecule has 0 saturated heterocycles. The van der Waals surface area contributed by atoms with Crippen LogP contribution in [0.1, 0.15) is 12.0 Å². The molecule has 1 aromatic rings. The van der Waals surface area contributed by atoms with Crippen LogP contribution in [0, 0.1) is 0 Å². The Balaban J connectivity index is 2.34. The molecule has 1 aliphatic rings. The topological polar surface area (TPSA) is 31.9 Å². The number of fused-ring (bicyclic) bond motifs is 1. The van der Waals surface area contributed by atoms with Gasteiger partial charge in [-0.3, -0.25) is 0 Å². The number of para-hydroxylation sites is 1. The first-order valence-corrected chi connectivity index (χ1v) is 3.86. The van der Waals surface area contributed by atoms with E-state index in [-0.39, 0.29) is 0 Å². The summed E-state index contributed by atoms with van der Waals surface area (Å²) in [5, 5.41) is 13.9. The van der Waals surface area contributed by atoms with Gasteiger partial charge in [0.15, 0.2) is 6.23 Å². The van der Waals surface area contributed by atoms with Crippen molar-refractivity contribution in [3.05, 3.63) is 29.8 Å². The van der Waals surface area contributed by atoms with Crippen molar-refractivity contribution in [1.29, 1.82) is 0 Å². The summed E-state index contributed by atoms with van der Waals surface area (Å²) in [5.41, 5.74) is 2.28. The Morgan fingerprint density at radius 3 is 3.09 bits per heavy atom. The van der Waals surface area contributed by atoms with E-state index in [4.69, 9.17) is 0 Å². The van der Waals surface area contributed by atoms with E-state index in [1.165, 1.54) is 5.56 Å². The molecule has 1 atom stereocenters. The fourth-order valence-corrected chi connectivity index (χ4v) is 1.41. The lowest BCUT2D eigenvalue weighted by atomic mass is 10.0. The monoisotopic (exact) mass is 148 g/mol. The second kappa shape index (κ2) is 2.55. The van der Waals surface area contributed by atoms with Crippen LogP contribution in [-0.2, 0) is 11.5 Å². The van der Waals surface area contributed by atoms with Gasteiger partial charge in [-0.05, 0) is 24.5 Å². The van der Waals surface area contributed by atoms with Crippen molar-refractivity contribution in [1.82, 2.24) is 0 Å². The van der Waals surface area contributed by atoms with Crippen LogP contribution in [0.4, 0.5) is 5.69 Å². The summed E-state index contributed by atoms with van der Waals surface area (Å²) in [4.78, 5) is 0. The lowest BCUT2D eigenvalue weighted by Crippen LogP contribution is -2.23. The maximum atomic E-state index is 11.0. The normalized spacial score (nSPS) is 22.1. The van der Waals surface area contributed by atoms with Gasteiger partial charge in [-0.1, -0.05) is 18.2 Å². The lowest BCUT2D eigenvalue weighted by Gasteiger charge is -2.20. The number of nitrogens with one attached hydrogen (secondary N) is 1. The van der Waals surface area contributed by atoms with Crippen molar-refractivity contribution in [3.8, 4) is 0 Å². The standard InChI is InChI=1S/C9H10NO/c11-9-6-5-7-3-1-2-4-8(7)10-9/h1-4,9-10H,5-6H2. The summed E-state index contributed by atoms with van der Waals surface area (Å²) in [6.07, 6.45) is 1.01. The molecular formula is C9H10NO. The Hall–Kier alpha value is -1.02. The lowest BCUT2D eigenvalue weighted by molar-refractivity contribution is 0.102. The van der Waals surface area contributed by atoms with Gasteiger partial charge in [0, 0.05) is 5.69 Å². The van der Waals surface area contributed by atoms with Crippen molar-refractivity contribution in [2.24, 2.45) is 0 Å². The van der Waals surface area contributed by atoms with Crippen molar-refractivity contribution in [3.63, 3.8) is 0 Å². The Morgan fingerprint density at radius 2 is 2.18 bits per heavy atom. The third kappa shape index (κ3) is 1.21. The maximum Gasteiger partial charge on any atom is 0.163 e. The van der Waals surface area contributed by atoms with Gasteiger partial charge in [0.1, 0.15) is 0 Å². The number of anilines is 1. The molecule has 2 heteroatoms. The van der Waals surface area contributed by atoms with Gasteiger partial charge < -0.3 is 5.32 Å². The molecule has 1 N–H and O–H groups in total. The predicted molar refractivity (Wildman–Crippen MR) is 42.9 cm³/mol. The highest BCUT2D eigenvalue weighted by molar-refractivity contribution is 5.53. The Labute approximate surface area is 65.9 Å². The fourth-order valence-electron chi connectivity index (χ4n) is 1.41. The molecule has 1 radical (unpaired) electrons. The van der Waals surface area contributed by atoms with Crippen LogP contribution in [0.3, 0.4) is 0 Å². The molecule has 0 saturated carbocycles. The van der Waals surface area contributed by atoms with E-state index < -0.39 is 6.23 Å². The molecule has 0 aromatic heterocycles. The van der Waals surface area contributed by atoms with E-state index >= 15 is 0 Å². The highest BCUT2D eigenvalue weighted by Crippen LogP contribution is 2.22. The molecule has 2 nitrogen and oxygen atoms in total.